The number of benzene rings is 2. The lowest BCUT2D eigenvalue weighted by Crippen LogP contribution is -1.87. The van der Waals surface area contributed by atoms with Crippen LogP contribution in [0.25, 0.3) is 11.1 Å². The van der Waals surface area contributed by atoms with Crippen molar-refractivity contribution in [2.24, 2.45) is 0 Å². The van der Waals surface area contributed by atoms with Gasteiger partial charge in [0.25, 0.3) is 0 Å². The van der Waals surface area contributed by atoms with Crippen LogP contribution in [0.4, 0.5) is 0 Å². The second-order valence-corrected chi connectivity index (χ2v) is 4.34. The fourth-order valence-electron chi connectivity index (χ4n) is 2.25. The van der Waals surface area contributed by atoms with Crippen LogP contribution in [0.3, 0.4) is 0 Å². The Hall–Kier alpha value is -2.02. The highest BCUT2D eigenvalue weighted by atomic mass is 16.5. The van der Waals surface area contributed by atoms with Crippen molar-refractivity contribution >= 4 is 11.1 Å². The van der Waals surface area contributed by atoms with Gasteiger partial charge in [-0.3, -0.25) is 0 Å². The molecule has 1 heterocycles. The predicted molar refractivity (Wildman–Crippen MR) is 71.1 cm³/mol. The second kappa shape index (κ2) is 3.77. The van der Waals surface area contributed by atoms with Crippen LogP contribution in [0.2, 0.25) is 0 Å². The summed E-state index contributed by atoms with van der Waals surface area (Å²) in [5.74, 6) is 1.88. The Kier molecular flexibility index (Phi) is 2.25. The van der Waals surface area contributed by atoms with Gasteiger partial charge in [-0.2, -0.15) is 0 Å². The lowest BCUT2D eigenvalue weighted by Gasteiger charge is -2.08. The first-order valence-electron chi connectivity index (χ1n) is 5.81. The molecule has 0 spiro atoms. The van der Waals surface area contributed by atoms with E-state index >= 15 is 0 Å². The van der Waals surface area contributed by atoms with Gasteiger partial charge >= 0.3 is 0 Å². The van der Waals surface area contributed by atoms with Gasteiger partial charge in [-0.15, -0.1) is 0 Å². The lowest BCUT2D eigenvalue weighted by molar-refractivity contribution is 0.481. The average molecular weight is 222 g/mol. The molecule has 0 atom stereocenters. The third-order valence-electron chi connectivity index (χ3n) is 3.36. The van der Waals surface area contributed by atoms with Gasteiger partial charge in [0, 0.05) is 11.1 Å². The van der Waals surface area contributed by atoms with Crippen LogP contribution >= 0.6 is 0 Å². The lowest BCUT2D eigenvalue weighted by atomic mass is 9.97. The van der Waals surface area contributed by atoms with Crippen molar-refractivity contribution in [2.45, 2.75) is 13.8 Å². The zero-order valence-electron chi connectivity index (χ0n) is 10.0. The second-order valence-electron chi connectivity index (χ2n) is 4.34. The van der Waals surface area contributed by atoms with E-state index in [4.69, 9.17) is 4.74 Å². The van der Waals surface area contributed by atoms with E-state index in [9.17, 15) is 0 Å². The van der Waals surface area contributed by atoms with Gasteiger partial charge < -0.3 is 4.74 Å². The van der Waals surface area contributed by atoms with Crippen LogP contribution in [0, 0.1) is 0 Å². The van der Waals surface area contributed by atoms with Crippen molar-refractivity contribution in [1.82, 2.24) is 0 Å². The molecule has 0 amide bonds. The van der Waals surface area contributed by atoms with Crippen molar-refractivity contribution in [2.75, 3.05) is 0 Å². The molecule has 2 aromatic carbocycles. The van der Waals surface area contributed by atoms with Gasteiger partial charge in [-0.1, -0.05) is 36.4 Å². The molecule has 1 aliphatic rings. The number of hydrogen-bond acceptors (Lipinski definition) is 1. The van der Waals surface area contributed by atoms with Crippen molar-refractivity contribution < 1.29 is 4.74 Å². The summed E-state index contributed by atoms with van der Waals surface area (Å²) in [7, 11) is 0. The summed E-state index contributed by atoms with van der Waals surface area (Å²) in [5.41, 5.74) is 4.93. The van der Waals surface area contributed by atoms with E-state index in [1.807, 2.05) is 24.3 Å². The Labute approximate surface area is 101 Å². The van der Waals surface area contributed by atoms with Crippen molar-refractivity contribution in [1.29, 1.82) is 0 Å². The molecular formula is C16H14O. The Morgan fingerprint density at radius 1 is 0.647 bits per heavy atom. The maximum Gasteiger partial charge on any atom is 0.134 e. The van der Waals surface area contributed by atoms with Crippen LogP contribution in [0.1, 0.15) is 25.0 Å². The number of allylic oxidation sites excluding steroid dienone is 2. The molecule has 0 bridgehead atoms. The summed E-state index contributed by atoms with van der Waals surface area (Å²) >= 11 is 0. The minimum absolute atomic E-state index is 0.939. The number of fused-ring (bicyclic) bond motifs is 2. The summed E-state index contributed by atoms with van der Waals surface area (Å²) < 4.78 is 6.00. The monoisotopic (exact) mass is 222 g/mol. The first-order valence-corrected chi connectivity index (χ1v) is 5.81. The molecule has 0 unspecified atom stereocenters. The zero-order valence-corrected chi connectivity index (χ0v) is 10.0. The molecule has 3 rings (SSSR count). The standard InChI is InChI=1S/C16H14O/c1-11-12(2)14-8-4-6-10-16(14)17-15-9-5-3-7-13(11)15/h3-10H,1-2H3. The highest BCUT2D eigenvalue weighted by Gasteiger charge is 2.16. The zero-order chi connectivity index (χ0) is 11.8. The minimum atomic E-state index is 0.939. The highest BCUT2D eigenvalue weighted by molar-refractivity contribution is 5.93. The first kappa shape index (κ1) is 10.2. The topological polar surface area (TPSA) is 9.23 Å². The van der Waals surface area contributed by atoms with Crippen LogP contribution in [0.5, 0.6) is 11.5 Å². The Bertz CT molecular complexity index is 555. The van der Waals surface area contributed by atoms with Gasteiger partial charge in [0.05, 0.1) is 0 Å². The molecule has 0 saturated carbocycles. The Morgan fingerprint density at radius 3 is 1.53 bits per heavy atom. The van der Waals surface area contributed by atoms with E-state index in [2.05, 4.69) is 38.1 Å². The third kappa shape index (κ3) is 1.55. The third-order valence-corrected chi connectivity index (χ3v) is 3.36. The van der Waals surface area contributed by atoms with Crippen LogP contribution < -0.4 is 4.74 Å². The van der Waals surface area contributed by atoms with Crippen LogP contribution in [-0.4, -0.2) is 0 Å². The number of ether oxygens (including phenoxy) is 1. The molecule has 1 nitrogen and oxygen atoms in total. The molecule has 0 radical (unpaired) electrons. The molecule has 0 fully saturated rings. The molecule has 84 valence electrons. The van der Waals surface area contributed by atoms with Crippen molar-refractivity contribution in [3.05, 3.63) is 59.7 Å². The van der Waals surface area contributed by atoms with Gasteiger partial charge in [0.2, 0.25) is 0 Å². The van der Waals surface area contributed by atoms with Crippen molar-refractivity contribution in [3.63, 3.8) is 0 Å². The van der Waals surface area contributed by atoms with E-state index in [1.54, 1.807) is 0 Å². The fourth-order valence-corrected chi connectivity index (χ4v) is 2.25. The maximum atomic E-state index is 6.00. The predicted octanol–water partition coefficient (Wildman–Crippen LogP) is 4.74. The molecule has 0 saturated heterocycles. The van der Waals surface area contributed by atoms with E-state index in [-0.39, 0.29) is 0 Å². The van der Waals surface area contributed by atoms with Gasteiger partial charge in [0.1, 0.15) is 11.5 Å². The Balaban J connectivity index is 2.33. The van der Waals surface area contributed by atoms with Gasteiger partial charge in [-0.25, -0.2) is 0 Å². The molecule has 17 heavy (non-hydrogen) atoms. The Morgan fingerprint density at radius 2 is 1.06 bits per heavy atom. The summed E-state index contributed by atoms with van der Waals surface area (Å²) in [6, 6.07) is 16.4. The molecule has 1 heteroatoms. The van der Waals surface area contributed by atoms with E-state index < -0.39 is 0 Å². The molecule has 0 aromatic heterocycles. The number of para-hydroxylation sites is 2. The summed E-state index contributed by atoms with van der Waals surface area (Å²) in [6.07, 6.45) is 0. The molecular weight excluding hydrogens is 208 g/mol. The molecule has 2 aromatic rings. The van der Waals surface area contributed by atoms with E-state index in [1.165, 1.54) is 22.3 Å². The largest absolute Gasteiger partial charge is 0.456 e. The number of rotatable bonds is 0. The van der Waals surface area contributed by atoms with Gasteiger partial charge in [0.15, 0.2) is 0 Å². The molecule has 0 aliphatic carbocycles. The van der Waals surface area contributed by atoms with Crippen LogP contribution in [-0.2, 0) is 0 Å². The maximum absolute atomic E-state index is 6.00. The van der Waals surface area contributed by atoms with Crippen LogP contribution in [0.15, 0.2) is 48.5 Å². The van der Waals surface area contributed by atoms with Gasteiger partial charge in [-0.05, 0) is 37.1 Å². The minimum Gasteiger partial charge on any atom is -0.456 e. The smallest absolute Gasteiger partial charge is 0.134 e. The summed E-state index contributed by atoms with van der Waals surface area (Å²) in [6.45, 7) is 4.30. The fraction of sp³-hybridized carbons (Fsp3) is 0.125. The molecule has 0 N–H and O–H groups in total. The normalized spacial score (nSPS) is 13.5. The number of hydrogen-bond donors (Lipinski definition) is 0. The highest BCUT2D eigenvalue weighted by Crippen LogP contribution is 2.41. The van der Waals surface area contributed by atoms with E-state index in [0.29, 0.717) is 0 Å². The first-order chi connectivity index (χ1) is 8.27. The quantitative estimate of drug-likeness (QED) is 0.625. The summed E-state index contributed by atoms with van der Waals surface area (Å²) in [5, 5.41) is 0. The average Bonchev–Trinajstić information content (AvgIpc) is 2.48. The van der Waals surface area contributed by atoms with E-state index in [0.717, 1.165) is 11.5 Å². The summed E-state index contributed by atoms with van der Waals surface area (Å²) in [4.78, 5) is 0. The molecule has 1 aliphatic heterocycles. The SMILES string of the molecule is CC1=C(C)c2ccccc2Oc2ccccc21. The van der Waals surface area contributed by atoms with Crippen molar-refractivity contribution in [3.8, 4) is 11.5 Å².